The molecular formula is C20H22N2O3. The predicted octanol–water partition coefficient (Wildman–Crippen LogP) is 4.08. The number of carbonyl (C=O) groups is 2. The van der Waals surface area contributed by atoms with Crippen LogP contribution in [0.4, 0.5) is 11.4 Å². The standard InChI is InChI=1S/C20H22N2O3/c1-2-13-25-18-6-4-3-5-17(18)22-20(24)15-9-11-16(12-10-15)21-19(23)14-7-8-14/h3-6,9-12,14H,2,7-8,13H2,1H3,(H,21,23)(H,22,24). The van der Waals surface area contributed by atoms with E-state index < -0.39 is 0 Å². The molecule has 0 radical (unpaired) electrons. The zero-order chi connectivity index (χ0) is 17.6. The largest absolute Gasteiger partial charge is 0.491 e. The van der Waals surface area contributed by atoms with E-state index in [2.05, 4.69) is 10.6 Å². The van der Waals surface area contributed by atoms with E-state index >= 15 is 0 Å². The van der Waals surface area contributed by atoms with Crippen LogP contribution in [0.15, 0.2) is 48.5 Å². The van der Waals surface area contributed by atoms with Crippen molar-refractivity contribution < 1.29 is 14.3 Å². The first-order valence-electron chi connectivity index (χ1n) is 8.61. The van der Waals surface area contributed by atoms with Gasteiger partial charge in [-0.15, -0.1) is 0 Å². The fourth-order valence-corrected chi connectivity index (χ4v) is 2.40. The Morgan fingerprint density at radius 2 is 1.76 bits per heavy atom. The van der Waals surface area contributed by atoms with Crippen molar-refractivity contribution in [3.05, 3.63) is 54.1 Å². The molecule has 2 aromatic carbocycles. The first-order chi connectivity index (χ1) is 12.2. The van der Waals surface area contributed by atoms with Gasteiger partial charge in [0.15, 0.2) is 0 Å². The number of nitrogens with one attached hydrogen (secondary N) is 2. The van der Waals surface area contributed by atoms with Gasteiger partial charge in [-0.25, -0.2) is 0 Å². The summed E-state index contributed by atoms with van der Waals surface area (Å²) in [4.78, 5) is 24.2. The van der Waals surface area contributed by atoms with Crippen molar-refractivity contribution in [2.45, 2.75) is 26.2 Å². The first kappa shape index (κ1) is 17.0. The van der Waals surface area contributed by atoms with Crippen LogP contribution < -0.4 is 15.4 Å². The minimum absolute atomic E-state index is 0.0548. The van der Waals surface area contributed by atoms with Gasteiger partial charge in [-0.1, -0.05) is 19.1 Å². The van der Waals surface area contributed by atoms with Crippen LogP contribution in [0.2, 0.25) is 0 Å². The van der Waals surface area contributed by atoms with Gasteiger partial charge in [-0.3, -0.25) is 9.59 Å². The van der Waals surface area contributed by atoms with Crippen LogP contribution in [0.1, 0.15) is 36.5 Å². The summed E-state index contributed by atoms with van der Waals surface area (Å²) in [5.41, 5.74) is 1.88. The van der Waals surface area contributed by atoms with Crippen LogP contribution >= 0.6 is 0 Å². The van der Waals surface area contributed by atoms with Crippen molar-refractivity contribution >= 4 is 23.2 Å². The first-order valence-corrected chi connectivity index (χ1v) is 8.61. The molecular weight excluding hydrogens is 316 g/mol. The maximum Gasteiger partial charge on any atom is 0.255 e. The van der Waals surface area contributed by atoms with E-state index in [1.54, 1.807) is 24.3 Å². The fourth-order valence-electron chi connectivity index (χ4n) is 2.40. The summed E-state index contributed by atoms with van der Waals surface area (Å²) in [7, 11) is 0. The zero-order valence-corrected chi connectivity index (χ0v) is 14.2. The van der Waals surface area contributed by atoms with Crippen molar-refractivity contribution in [2.75, 3.05) is 17.2 Å². The summed E-state index contributed by atoms with van der Waals surface area (Å²) in [5.74, 6) is 0.653. The third-order valence-electron chi connectivity index (χ3n) is 3.96. The van der Waals surface area contributed by atoms with Crippen LogP contribution in [0.25, 0.3) is 0 Å². The molecule has 0 unspecified atom stereocenters. The third kappa shape index (κ3) is 4.59. The lowest BCUT2D eigenvalue weighted by Gasteiger charge is -2.12. The predicted molar refractivity (Wildman–Crippen MR) is 98.0 cm³/mol. The van der Waals surface area contributed by atoms with Crippen LogP contribution in [0.5, 0.6) is 5.75 Å². The second-order valence-electron chi connectivity index (χ2n) is 6.14. The zero-order valence-electron chi connectivity index (χ0n) is 14.2. The van der Waals surface area contributed by atoms with E-state index in [0.29, 0.717) is 29.3 Å². The highest BCUT2D eigenvalue weighted by Gasteiger charge is 2.29. The summed E-state index contributed by atoms with van der Waals surface area (Å²) in [6, 6.07) is 14.3. The summed E-state index contributed by atoms with van der Waals surface area (Å²) < 4.78 is 5.65. The quantitative estimate of drug-likeness (QED) is 0.799. The van der Waals surface area contributed by atoms with Crippen molar-refractivity contribution in [3.8, 4) is 5.75 Å². The SMILES string of the molecule is CCCOc1ccccc1NC(=O)c1ccc(NC(=O)C2CC2)cc1. The van der Waals surface area contributed by atoms with Gasteiger partial charge in [-0.05, 0) is 55.7 Å². The topological polar surface area (TPSA) is 67.4 Å². The van der Waals surface area contributed by atoms with Gasteiger partial charge >= 0.3 is 0 Å². The number of hydrogen-bond donors (Lipinski definition) is 2. The molecule has 0 spiro atoms. The van der Waals surface area contributed by atoms with Gasteiger partial charge in [0.2, 0.25) is 5.91 Å². The summed E-state index contributed by atoms with van der Waals surface area (Å²) in [6.45, 7) is 2.63. The number of ether oxygens (including phenoxy) is 1. The molecule has 3 rings (SSSR count). The average Bonchev–Trinajstić information content (AvgIpc) is 3.47. The van der Waals surface area contributed by atoms with Gasteiger partial charge < -0.3 is 15.4 Å². The Morgan fingerprint density at radius 1 is 1.04 bits per heavy atom. The van der Waals surface area contributed by atoms with Gasteiger partial charge in [-0.2, -0.15) is 0 Å². The number of benzene rings is 2. The molecule has 0 aliphatic heterocycles. The molecule has 1 saturated carbocycles. The van der Waals surface area contributed by atoms with Crippen molar-refractivity contribution in [1.29, 1.82) is 0 Å². The molecule has 2 amide bonds. The highest BCUT2D eigenvalue weighted by atomic mass is 16.5. The van der Waals surface area contributed by atoms with E-state index in [-0.39, 0.29) is 17.7 Å². The fraction of sp³-hybridized carbons (Fsp3) is 0.300. The van der Waals surface area contributed by atoms with E-state index in [9.17, 15) is 9.59 Å². The number of anilines is 2. The lowest BCUT2D eigenvalue weighted by Crippen LogP contribution is -2.15. The summed E-state index contributed by atoms with van der Waals surface area (Å²) in [5, 5.41) is 5.73. The molecule has 1 aliphatic carbocycles. The normalized spacial score (nSPS) is 13.2. The molecule has 0 atom stereocenters. The Labute approximate surface area is 147 Å². The Hall–Kier alpha value is -2.82. The van der Waals surface area contributed by atoms with Gasteiger partial charge in [0.05, 0.1) is 12.3 Å². The average molecular weight is 338 g/mol. The second-order valence-corrected chi connectivity index (χ2v) is 6.14. The smallest absolute Gasteiger partial charge is 0.255 e. The Bertz CT molecular complexity index is 752. The number of amides is 2. The van der Waals surface area contributed by atoms with E-state index in [0.717, 1.165) is 19.3 Å². The molecule has 0 saturated heterocycles. The molecule has 2 N–H and O–H groups in total. The van der Waals surface area contributed by atoms with Crippen LogP contribution in [0.3, 0.4) is 0 Å². The molecule has 2 aromatic rings. The lowest BCUT2D eigenvalue weighted by molar-refractivity contribution is -0.117. The second kappa shape index (κ2) is 7.83. The van der Waals surface area contributed by atoms with Crippen molar-refractivity contribution in [2.24, 2.45) is 5.92 Å². The minimum Gasteiger partial charge on any atom is -0.491 e. The molecule has 5 heteroatoms. The van der Waals surface area contributed by atoms with Gasteiger partial charge in [0, 0.05) is 17.2 Å². The molecule has 1 aliphatic rings. The number of carbonyl (C=O) groups excluding carboxylic acids is 2. The maximum atomic E-state index is 12.4. The van der Waals surface area contributed by atoms with Gasteiger partial charge in [0.1, 0.15) is 5.75 Å². The summed E-state index contributed by atoms with van der Waals surface area (Å²) in [6.07, 6.45) is 2.83. The Kier molecular flexibility index (Phi) is 5.33. The minimum atomic E-state index is -0.215. The number of hydrogen-bond acceptors (Lipinski definition) is 3. The van der Waals surface area contributed by atoms with Crippen molar-refractivity contribution in [3.63, 3.8) is 0 Å². The van der Waals surface area contributed by atoms with Gasteiger partial charge in [0.25, 0.3) is 5.91 Å². The molecule has 5 nitrogen and oxygen atoms in total. The molecule has 0 bridgehead atoms. The maximum absolute atomic E-state index is 12.4. The molecule has 0 aromatic heterocycles. The molecule has 130 valence electrons. The Morgan fingerprint density at radius 3 is 2.44 bits per heavy atom. The number of para-hydroxylation sites is 2. The van der Waals surface area contributed by atoms with E-state index in [1.165, 1.54) is 0 Å². The van der Waals surface area contributed by atoms with Crippen LogP contribution in [-0.4, -0.2) is 18.4 Å². The Balaban J connectivity index is 1.64. The van der Waals surface area contributed by atoms with E-state index in [4.69, 9.17) is 4.74 Å². The molecule has 25 heavy (non-hydrogen) atoms. The summed E-state index contributed by atoms with van der Waals surface area (Å²) >= 11 is 0. The highest BCUT2D eigenvalue weighted by molar-refractivity contribution is 6.05. The van der Waals surface area contributed by atoms with E-state index in [1.807, 2.05) is 31.2 Å². The van der Waals surface area contributed by atoms with Crippen LogP contribution in [0, 0.1) is 5.92 Å². The number of rotatable bonds is 7. The molecule has 0 heterocycles. The van der Waals surface area contributed by atoms with Crippen LogP contribution in [-0.2, 0) is 4.79 Å². The lowest BCUT2D eigenvalue weighted by atomic mass is 10.2. The third-order valence-corrected chi connectivity index (χ3v) is 3.96. The van der Waals surface area contributed by atoms with Crippen molar-refractivity contribution in [1.82, 2.24) is 0 Å². The molecule has 1 fully saturated rings. The highest BCUT2D eigenvalue weighted by Crippen LogP contribution is 2.30. The monoisotopic (exact) mass is 338 g/mol.